The zero-order chi connectivity index (χ0) is 22.8. The van der Waals surface area contributed by atoms with Gasteiger partial charge in [0.05, 0.1) is 11.8 Å². The Labute approximate surface area is 188 Å². The van der Waals surface area contributed by atoms with Gasteiger partial charge in [-0.05, 0) is 68.9 Å². The van der Waals surface area contributed by atoms with Gasteiger partial charge < -0.3 is 24.1 Å². The fourth-order valence-electron chi connectivity index (χ4n) is 4.58. The van der Waals surface area contributed by atoms with Gasteiger partial charge >= 0.3 is 0 Å². The number of ketones is 1. The highest BCUT2D eigenvalue weighted by Gasteiger charge is 2.47. The van der Waals surface area contributed by atoms with Crippen LogP contribution in [-0.4, -0.2) is 58.9 Å². The third-order valence-corrected chi connectivity index (χ3v) is 6.29. The second-order valence-electron chi connectivity index (χ2n) is 8.34. The molecular formula is C25H30N2O5. The number of amides is 1. The number of aliphatic hydroxyl groups is 1. The van der Waals surface area contributed by atoms with Crippen molar-refractivity contribution in [1.82, 2.24) is 9.80 Å². The van der Waals surface area contributed by atoms with Crippen molar-refractivity contribution in [3.05, 3.63) is 59.1 Å². The molecule has 0 bridgehead atoms. The summed E-state index contributed by atoms with van der Waals surface area (Å²) in [5.74, 6) is -0.221. The van der Waals surface area contributed by atoms with Crippen LogP contribution in [0, 0.1) is 0 Å². The maximum Gasteiger partial charge on any atom is 0.295 e. The number of rotatable bonds is 8. The molecule has 1 amide bonds. The molecule has 1 N–H and O–H groups in total. The number of likely N-dealkylation sites (tertiary alicyclic amines) is 1. The Balaban J connectivity index is 1.68. The zero-order valence-electron chi connectivity index (χ0n) is 18.8. The molecule has 2 atom stereocenters. The van der Waals surface area contributed by atoms with Gasteiger partial charge in [0.25, 0.3) is 11.7 Å². The van der Waals surface area contributed by atoms with E-state index in [2.05, 4.69) is 18.7 Å². The van der Waals surface area contributed by atoms with Crippen molar-refractivity contribution in [3.8, 4) is 5.75 Å². The van der Waals surface area contributed by atoms with Gasteiger partial charge in [0.2, 0.25) is 0 Å². The van der Waals surface area contributed by atoms with Gasteiger partial charge in [-0.15, -0.1) is 0 Å². The smallest absolute Gasteiger partial charge is 0.295 e. The number of fused-ring (bicyclic) bond motifs is 1. The molecule has 7 heteroatoms. The third kappa shape index (κ3) is 4.05. The molecule has 32 heavy (non-hydrogen) atoms. The minimum atomic E-state index is -0.745. The van der Waals surface area contributed by atoms with Gasteiger partial charge in [-0.3, -0.25) is 9.59 Å². The van der Waals surface area contributed by atoms with Gasteiger partial charge in [-0.1, -0.05) is 13.8 Å². The van der Waals surface area contributed by atoms with E-state index in [0.29, 0.717) is 17.9 Å². The SMILES string of the molecule is CCN(CC)CCCN1C(=O)C(=O)C(=C(O)c2ccc3c(c2)C[C@H](C)O3)[C@@H]1c1ccco1. The molecule has 2 aliphatic heterocycles. The molecule has 0 aliphatic carbocycles. The molecule has 0 saturated carbocycles. The van der Waals surface area contributed by atoms with Gasteiger partial charge in [0, 0.05) is 18.5 Å². The number of carbonyl (C=O) groups is 2. The Hall–Kier alpha value is -3.06. The van der Waals surface area contributed by atoms with Crippen LogP contribution in [0.15, 0.2) is 46.6 Å². The van der Waals surface area contributed by atoms with E-state index < -0.39 is 17.7 Å². The Morgan fingerprint density at radius 2 is 2.00 bits per heavy atom. The van der Waals surface area contributed by atoms with Crippen LogP contribution in [-0.2, 0) is 16.0 Å². The van der Waals surface area contributed by atoms with Crippen molar-refractivity contribution >= 4 is 17.4 Å². The number of benzene rings is 1. The number of aliphatic hydroxyl groups excluding tert-OH is 1. The Morgan fingerprint density at radius 1 is 1.22 bits per heavy atom. The summed E-state index contributed by atoms with van der Waals surface area (Å²) >= 11 is 0. The summed E-state index contributed by atoms with van der Waals surface area (Å²) < 4.78 is 11.3. The second kappa shape index (κ2) is 9.20. The van der Waals surface area contributed by atoms with Crippen molar-refractivity contribution in [3.63, 3.8) is 0 Å². The van der Waals surface area contributed by atoms with Crippen molar-refractivity contribution in [1.29, 1.82) is 0 Å². The van der Waals surface area contributed by atoms with Crippen molar-refractivity contribution in [2.75, 3.05) is 26.2 Å². The van der Waals surface area contributed by atoms with E-state index in [4.69, 9.17) is 9.15 Å². The van der Waals surface area contributed by atoms with Crippen molar-refractivity contribution in [2.45, 2.75) is 45.8 Å². The Kier molecular flexibility index (Phi) is 6.37. The lowest BCUT2D eigenvalue weighted by Crippen LogP contribution is -2.33. The number of carbonyl (C=O) groups excluding carboxylic acids is 2. The van der Waals surface area contributed by atoms with Crippen LogP contribution in [0.5, 0.6) is 5.75 Å². The summed E-state index contributed by atoms with van der Waals surface area (Å²) in [5, 5.41) is 11.2. The summed E-state index contributed by atoms with van der Waals surface area (Å²) in [4.78, 5) is 29.8. The molecule has 1 saturated heterocycles. The minimum Gasteiger partial charge on any atom is -0.507 e. The quantitative estimate of drug-likeness (QED) is 0.384. The van der Waals surface area contributed by atoms with Crippen LogP contribution in [0.1, 0.15) is 50.1 Å². The molecule has 2 aromatic rings. The minimum absolute atomic E-state index is 0.0692. The lowest BCUT2D eigenvalue weighted by Gasteiger charge is -2.25. The van der Waals surface area contributed by atoms with Crippen LogP contribution in [0.3, 0.4) is 0 Å². The van der Waals surface area contributed by atoms with Crippen molar-refractivity contribution in [2.24, 2.45) is 0 Å². The van der Waals surface area contributed by atoms with E-state index in [-0.39, 0.29) is 17.4 Å². The molecule has 0 unspecified atom stereocenters. The number of hydrogen-bond donors (Lipinski definition) is 1. The molecular weight excluding hydrogens is 408 g/mol. The van der Waals surface area contributed by atoms with E-state index in [1.807, 2.05) is 13.0 Å². The maximum atomic E-state index is 13.0. The first-order chi connectivity index (χ1) is 15.4. The Bertz CT molecular complexity index is 1020. The second-order valence-corrected chi connectivity index (χ2v) is 8.34. The molecule has 0 radical (unpaired) electrons. The van der Waals surface area contributed by atoms with Crippen LogP contribution in [0.4, 0.5) is 0 Å². The first kappa shape index (κ1) is 22.1. The van der Waals surface area contributed by atoms with E-state index in [0.717, 1.165) is 43.8 Å². The van der Waals surface area contributed by atoms with Crippen LogP contribution in [0.25, 0.3) is 5.76 Å². The molecule has 7 nitrogen and oxygen atoms in total. The van der Waals surface area contributed by atoms with Crippen LogP contribution < -0.4 is 4.74 Å². The zero-order valence-corrected chi connectivity index (χ0v) is 18.8. The number of hydrogen-bond acceptors (Lipinski definition) is 6. The van der Waals surface area contributed by atoms with Gasteiger partial charge in [-0.25, -0.2) is 0 Å². The van der Waals surface area contributed by atoms with Crippen molar-refractivity contribution < 1.29 is 23.8 Å². The summed E-state index contributed by atoms with van der Waals surface area (Å²) in [5.41, 5.74) is 1.54. The molecule has 4 rings (SSSR count). The highest BCUT2D eigenvalue weighted by molar-refractivity contribution is 6.46. The molecule has 1 aromatic heterocycles. The predicted octanol–water partition coefficient (Wildman–Crippen LogP) is 3.76. The third-order valence-electron chi connectivity index (χ3n) is 6.29. The molecule has 170 valence electrons. The summed E-state index contributed by atoms with van der Waals surface area (Å²) in [7, 11) is 0. The lowest BCUT2D eigenvalue weighted by molar-refractivity contribution is -0.140. The van der Waals surface area contributed by atoms with Gasteiger partial charge in [0.1, 0.15) is 29.4 Å². The standard InChI is InChI=1S/C25H30N2O5/c1-4-26(5-2)11-7-12-27-22(20-8-6-13-31-20)21(24(29)25(27)30)23(28)17-9-10-19-18(15-17)14-16(3)32-19/h6,8-10,13,15-16,22,28H,4-5,7,11-12,14H2,1-3H3/t16-,22-/m0/s1. The largest absolute Gasteiger partial charge is 0.507 e. The Morgan fingerprint density at radius 3 is 2.69 bits per heavy atom. The fraction of sp³-hybridized carbons (Fsp3) is 0.440. The molecule has 1 fully saturated rings. The van der Waals surface area contributed by atoms with E-state index in [1.165, 1.54) is 11.2 Å². The predicted molar refractivity (Wildman–Crippen MR) is 120 cm³/mol. The number of ether oxygens (including phenoxy) is 1. The maximum absolute atomic E-state index is 13.0. The van der Waals surface area contributed by atoms with E-state index in [1.54, 1.807) is 24.3 Å². The summed E-state index contributed by atoms with van der Waals surface area (Å²) in [6.07, 6.45) is 3.04. The van der Waals surface area contributed by atoms with Gasteiger partial charge in [-0.2, -0.15) is 0 Å². The lowest BCUT2D eigenvalue weighted by atomic mass is 9.97. The first-order valence-electron chi connectivity index (χ1n) is 11.3. The summed E-state index contributed by atoms with van der Waals surface area (Å²) in [6.45, 7) is 9.26. The number of furan rings is 1. The highest BCUT2D eigenvalue weighted by atomic mass is 16.5. The van der Waals surface area contributed by atoms with Gasteiger partial charge in [0.15, 0.2) is 0 Å². The van der Waals surface area contributed by atoms with E-state index >= 15 is 0 Å². The van der Waals surface area contributed by atoms with Crippen LogP contribution in [0.2, 0.25) is 0 Å². The first-order valence-corrected chi connectivity index (χ1v) is 11.3. The van der Waals surface area contributed by atoms with E-state index in [9.17, 15) is 14.7 Å². The normalized spacial score (nSPS) is 21.9. The average molecular weight is 439 g/mol. The molecule has 2 aliphatic rings. The number of Topliss-reactive ketones (excluding diaryl/α,β-unsaturated/α-hetero) is 1. The topological polar surface area (TPSA) is 83.2 Å². The summed E-state index contributed by atoms with van der Waals surface area (Å²) in [6, 6.07) is 8.07. The fourth-order valence-corrected chi connectivity index (χ4v) is 4.58. The highest BCUT2D eigenvalue weighted by Crippen LogP contribution is 2.40. The van der Waals surface area contributed by atoms with Crippen LogP contribution >= 0.6 is 0 Å². The molecule has 1 aromatic carbocycles. The molecule has 3 heterocycles. The monoisotopic (exact) mass is 438 g/mol. The molecule has 0 spiro atoms. The number of nitrogens with zero attached hydrogens (tertiary/aromatic N) is 2. The average Bonchev–Trinajstić information content (AvgIpc) is 3.49.